The summed E-state index contributed by atoms with van der Waals surface area (Å²) in [7, 11) is 6.32. The zero-order valence-corrected chi connectivity index (χ0v) is 14.7. The summed E-state index contributed by atoms with van der Waals surface area (Å²) < 4.78 is 7.14. The van der Waals surface area contributed by atoms with E-state index in [4.69, 9.17) is 24.2 Å². The molecule has 8 heteroatoms. The number of anilines is 1. The Hall–Kier alpha value is -2.56. The fourth-order valence-corrected chi connectivity index (χ4v) is 3.25. The van der Waals surface area contributed by atoms with E-state index >= 15 is 0 Å². The molecule has 1 saturated heterocycles. The van der Waals surface area contributed by atoms with E-state index in [-0.39, 0.29) is 6.04 Å². The van der Waals surface area contributed by atoms with Gasteiger partial charge in [0.05, 0.1) is 24.5 Å². The van der Waals surface area contributed by atoms with Crippen molar-refractivity contribution >= 4 is 36.5 Å². The van der Waals surface area contributed by atoms with E-state index in [1.54, 1.807) is 16.5 Å². The summed E-state index contributed by atoms with van der Waals surface area (Å²) in [6.07, 6.45) is 3.49. The van der Waals surface area contributed by atoms with Gasteiger partial charge in [0.25, 0.3) is 0 Å². The number of imidazole rings is 1. The number of nitriles is 1. The standard InChI is InChI=1S/C18H15BClN5O/c19-16-15(11-3-5-12(20)6-4-11)24-18-17(22-9-14(8-21)25(16)18)23-13-2-1-7-26-10-13/h3-6,9,13H,1-2,7,10H2,(H,22,23)/t13-/m0/s1. The van der Waals surface area contributed by atoms with Crippen LogP contribution in [0, 0.1) is 11.3 Å². The number of nitrogens with zero attached hydrogens (tertiary/aromatic N) is 4. The van der Waals surface area contributed by atoms with Crippen LogP contribution in [0.25, 0.3) is 16.9 Å². The van der Waals surface area contributed by atoms with E-state index in [1.807, 2.05) is 12.1 Å². The van der Waals surface area contributed by atoms with Crippen molar-refractivity contribution in [3.8, 4) is 17.3 Å². The fourth-order valence-electron chi connectivity index (χ4n) is 3.13. The molecule has 0 aliphatic carbocycles. The maximum Gasteiger partial charge on any atom is 0.181 e. The van der Waals surface area contributed by atoms with Crippen molar-refractivity contribution < 1.29 is 4.74 Å². The van der Waals surface area contributed by atoms with Crippen molar-refractivity contribution in [3.63, 3.8) is 0 Å². The Morgan fingerprint density at radius 1 is 1.35 bits per heavy atom. The quantitative estimate of drug-likeness (QED) is 0.723. The number of benzene rings is 1. The lowest BCUT2D eigenvalue weighted by atomic mass is 9.97. The number of halogens is 1. The molecule has 1 aromatic carbocycles. The van der Waals surface area contributed by atoms with Gasteiger partial charge >= 0.3 is 0 Å². The number of nitrogens with one attached hydrogen (secondary N) is 1. The van der Waals surface area contributed by atoms with E-state index in [0.717, 1.165) is 25.0 Å². The van der Waals surface area contributed by atoms with Crippen LogP contribution in [0.2, 0.25) is 5.02 Å². The lowest BCUT2D eigenvalue weighted by Gasteiger charge is -2.23. The smallest absolute Gasteiger partial charge is 0.181 e. The van der Waals surface area contributed by atoms with Gasteiger partial charge in [-0.3, -0.25) is 4.40 Å². The Bertz CT molecular complexity index is 989. The summed E-state index contributed by atoms with van der Waals surface area (Å²) in [5.41, 5.74) is 2.66. The second kappa shape index (κ2) is 6.98. The van der Waals surface area contributed by atoms with Gasteiger partial charge in [0, 0.05) is 17.2 Å². The summed E-state index contributed by atoms with van der Waals surface area (Å²) in [4.78, 5) is 9.05. The van der Waals surface area contributed by atoms with Crippen LogP contribution in [0.1, 0.15) is 18.5 Å². The molecule has 2 aromatic heterocycles. The van der Waals surface area contributed by atoms with Gasteiger partial charge in [-0.25, -0.2) is 9.97 Å². The van der Waals surface area contributed by atoms with Gasteiger partial charge in [0.1, 0.15) is 19.6 Å². The minimum Gasteiger partial charge on any atom is -0.379 e. The van der Waals surface area contributed by atoms with E-state index in [0.29, 0.717) is 40.1 Å². The van der Waals surface area contributed by atoms with E-state index in [1.165, 1.54) is 6.20 Å². The molecule has 0 spiro atoms. The predicted octanol–water partition coefficient (Wildman–Crippen LogP) is 2.31. The van der Waals surface area contributed by atoms with E-state index in [9.17, 15) is 5.26 Å². The third-order valence-electron chi connectivity index (χ3n) is 4.42. The van der Waals surface area contributed by atoms with Crippen LogP contribution < -0.4 is 10.9 Å². The molecular weight excluding hydrogens is 348 g/mol. The van der Waals surface area contributed by atoms with Crippen LogP contribution in [0.5, 0.6) is 0 Å². The predicted molar refractivity (Wildman–Crippen MR) is 101 cm³/mol. The molecule has 26 heavy (non-hydrogen) atoms. The van der Waals surface area contributed by atoms with Crippen LogP contribution >= 0.6 is 11.6 Å². The second-order valence-corrected chi connectivity index (χ2v) is 6.61. The summed E-state index contributed by atoms with van der Waals surface area (Å²) in [5, 5.41) is 13.4. The lowest BCUT2D eigenvalue weighted by molar-refractivity contribution is 0.0875. The van der Waals surface area contributed by atoms with Crippen molar-refractivity contribution in [1.82, 2.24) is 14.4 Å². The fraction of sp³-hybridized carbons (Fsp3) is 0.278. The number of hydrogen-bond donors (Lipinski definition) is 1. The molecule has 0 bridgehead atoms. The maximum absolute atomic E-state index is 9.44. The van der Waals surface area contributed by atoms with Crippen LogP contribution in [0.3, 0.4) is 0 Å². The molecular formula is C18H15BClN5O. The molecule has 0 unspecified atom stereocenters. The normalized spacial score (nSPS) is 17.2. The molecule has 0 saturated carbocycles. The van der Waals surface area contributed by atoms with Gasteiger partial charge in [-0.05, 0) is 30.6 Å². The minimum atomic E-state index is 0.157. The van der Waals surface area contributed by atoms with E-state index < -0.39 is 0 Å². The molecule has 3 aromatic rings. The lowest BCUT2D eigenvalue weighted by Crippen LogP contribution is -2.30. The molecule has 0 amide bonds. The average molecular weight is 364 g/mol. The first kappa shape index (κ1) is 16.9. The van der Waals surface area contributed by atoms with Gasteiger partial charge in [0.15, 0.2) is 11.5 Å². The van der Waals surface area contributed by atoms with Crippen LogP contribution in [0.4, 0.5) is 5.82 Å². The first-order valence-electron chi connectivity index (χ1n) is 8.34. The molecule has 4 rings (SSSR count). The molecule has 2 radical (unpaired) electrons. The van der Waals surface area contributed by atoms with Crippen molar-refractivity contribution in [1.29, 1.82) is 5.26 Å². The van der Waals surface area contributed by atoms with E-state index in [2.05, 4.69) is 21.4 Å². The highest BCUT2D eigenvalue weighted by atomic mass is 35.5. The topological polar surface area (TPSA) is 75.2 Å². The van der Waals surface area contributed by atoms with Crippen molar-refractivity contribution in [2.45, 2.75) is 18.9 Å². The Morgan fingerprint density at radius 3 is 2.85 bits per heavy atom. The highest BCUT2D eigenvalue weighted by Gasteiger charge is 2.20. The molecule has 1 aliphatic heterocycles. The highest BCUT2D eigenvalue weighted by Crippen LogP contribution is 2.24. The highest BCUT2D eigenvalue weighted by molar-refractivity contribution is 6.35. The molecule has 6 nitrogen and oxygen atoms in total. The summed E-state index contributed by atoms with van der Waals surface area (Å²) >= 11 is 5.97. The number of fused-ring (bicyclic) bond motifs is 1. The van der Waals surface area contributed by atoms with Crippen molar-refractivity contribution in [2.75, 3.05) is 18.5 Å². The first-order valence-corrected chi connectivity index (χ1v) is 8.72. The zero-order valence-electron chi connectivity index (χ0n) is 13.9. The van der Waals surface area contributed by atoms with Gasteiger partial charge in [-0.2, -0.15) is 5.26 Å². The maximum atomic E-state index is 9.44. The number of ether oxygens (including phenoxy) is 1. The molecule has 128 valence electrons. The second-order valence-electron chi connectivity index (χ2n) is 6.17. The van der Waals surface area contributed by atoms with Crippen molar-refractivity contribution in [2.24, 2.45) is 0 Å². The monoisotopic (exact) mass is 363 g/mol. The third kappa shape index (κ3) is 3.02. The molecule has 3 heterocycles. The first-order chi connectivity index (χ1) is 12.7. The van der Waals surface area contributed by atoms with Crippen LogP contribution in [-0.2, 0) is 4.74 Å². The SMILES string of the molecule is [B]c1c(-c2ccc(Cl)cc2)nc2c(N[C@H]3CCCOC3)ncc(C#N)n12. The summed E-state index contributed by atoms with van der Waals surface area (Å²) in [6.45, 7) is 1.40. The van der Waals surface area contributed by atoms with Crippen LogP contribution in [0.15, 0.2) is 30.5 Å². The van der Waals surface area contributed by atoms with Gasteiger partial charge in [0.2, 0.25) is 0 Å². The number of rotatable bonds is 3. The third-order valence-corrected chi connectivity index (χ3v) is 4.67. The Balaban J connectivity index is 1.83. The summed E-state index contributed by atoms with van der Waals surface area (Å²) in [6, 6.07) is 9.54. The molecule has 1 N–H and O–H groups in total. The van der Waals surface area contributed by atoms with Crippen molar-refractivity contribution in [3.05, 3.63) is 41.2 Å². The average Bonchev–Trinajstić information content (AvgIpc) is 3.02. The largest absolute Gasteiger partial charge is 0.379 e. The molecule has 1 fully saturated rings. The van der Waals surface area contributed by atoms with Gasteiger partial charge < -0.3 is 10.1 Å². The van der Waals surface area contributed by atoms with Crippen LogP contribution in [-0.4, -0.2) is 41.5 Å². The minimum absolute atomic E-state index is 0.157. The summed E-state index contributed by atoms with van der Waals surface area (Å²) in [5.74, 6) is 0.589. The molecule has 1 aliphatic rings. The molecule has 1 atom stereocenters. The Kier molecular flexibility index (Phi) is 4.54. The van der Waals surface area contributed by atoms with Gasteiger partial charge in [-0.15, -0.1) is 0 Å². The number of aromatic nitrogens is 3. The van der Waals surface area contributed by atoms with Gasteiger partial charge in [-0.1, -0.05) is 23.7 Å². The zero-order chi connectivity index (χ0) is 18.1. The Labute approximate surface area is 157 Å². The number of hydrogen-bond acceptors (Lipinski definition) is 5. The Morgan fingerprint density at radius 2 is 2.15 bits per heavy atom.